The molecule has 0 aliphatic carbocycles. The molecule has 2 rings (SSSR count). The largest absolute Gasteiger partial charge is 0.465 e. The highest BCUT2D eigenvalue weighted by molar-refractivity contribution is 6.05. The van der Waals surface area contributed by atoms with Gasteiger partial charge in [0.1, 0.15) is 5.56 Å². The third kappa shape index (κ3) is 2.25. The normalized spacial score (nSPS) is 10.6. The Hall–Kier alpha value is -2.34. The van der Waals surface area contributed by atoms with Gasteiger partial charge in [-0.2, -0.15) is 0 Å². The molecule has 0 saturated heterocycles. The van der Waals surface area contributed by atoms with Crippen molar-refractivity contribution in [2.24, 2.45) is 12.8 Å². The van der Waals surface area contributed by atoms with Crippen molar-refractivity contribution < 1.29 is 9.53 Å². The van der Waals surface area contributed by atoms with Crippen molar-refractivity contribution in [2.45, 2.75) is 0 Å². The summed E-state index contributed by atoms with van der Waals surface area (Å²) in [4.78, 5) is 24.3. The average molecular weight is 275 g/mol. The van der Waals surface area contributed by atoms with Crippen molar-refractivity contribution in [3.05, 3.63) is 40.2 Å². The predicted molar refractivity (Wildman–Crippen MR) is 78.1 cm³/mol. The molecule has 1 aromatic carbocycles. The molecule has 106 valence electrons. The standard InChI is InChI=1S/C14H17N3O3/c1-17-10-6-4-3-5-9(10)12(16-8-7-15)11(13(17)18)14(19)20-2/h3-6,16H,7-8,15H2,1-2H3. The number of carbonyl (C=O) groups is 1. The Bertz CT molecular complexity index is 707. The first-order valence-electron chi connectivity index (χ1n) is 6.25. The Labute approximate surface area is 116 Å². The van der Waals surface area contributed by atoms with Gasteiger partial charge in [0, 0.05) is 25.5 Å². The van der Waals surface area contributed by atoms with Crippen LogP contribution in [-0.4, -0.2) is 30.7 Å². The number of nitrogens with zero attached hydrogens (tertiary/aromatic N) is 1. The number of anilines is 1. The van der Waals surface area contributed by atoms with Gasteiger partial charge in [-0.25, -0.2) is 4.79 Å². The van der Waals surface area contributed by atoms with Crippen LogP contribution in [-0.2, 0) is 11.8 Å². The summed E-state index contributed by atoms with van der Waals surface area (Å²) < 4.78 is 6.16. The molecule has 20 heavy (non-hydrogen) atoms. The van der Waals surface area contributed by atoms with E-state index < -0.39 is 11.5 Å². The fourth-order valence-electron chi connectivity index (χ4n) is 2.17. The van der Waals surface area contributed by atoms with E-state index >= 15 is 0 Å². The number of fused-ring (bicyclic) bond motifs is 1. The number of nitrogens with one attached hydrogen (secondary N) is 1. The minimum absolute atomic E-state index is 0.00199. The molecule has 0 unspecified atom stereocenters. The third-order valence-electron chi connectivity index (χ3n) is 3.14. The van der Waals surface area contributed by atoms with Crippen molar-refractivity contribution in [3.63, 3.8) is 0 Å². The molecule has 0 saturated carbocycles. The van der Waals surface area contributed by atoms with Gasteiger partial charge in [0.15, 0.2) is 0 Å². The minimum Gasteiger partial charge on any atom is -0.465 e. The van der Waals surface area contributed by atoms with Crippen molar-refractivity contribution in [3.8, 4) is 0 Å². The lowest BCUT2D eigenvalue weighted by molar-refractivity contribution is 0.0599. The Morgan fingerprint density at radius 1 is 1.40 bits per heavy atom. The van der Waals surface area contributed by atoms with Crippen LogP contribution in [0.15, 0.2) is 29.1 Å². The van der Waals surface area contributed by atoms with Gasteiger partial charge in [-0.15, -0.1) is 0 Å². The van der Waals surface area contributed by atoms with E-state index in [9.17, 15) is 9.59 Å². The predicted octanol–water partition coefficient (Wildman–Crippen LogP) is 0.696. The van der Waals surface area contributed by atoms with Crippen LogP contribution in [0.1, 0.15) is 10.4 Å². The van der Waals surface area contributed by atoms with E-state index in [2.05, 4.69) is 5.32 Å². The van der Waals surface area contributed by atoms with Crippen LogP contribution in [0.3, 0.4) is 0 Å². The molecule has 1 aromatic heterocycles. The molecule has 0 fully saturated rings. The lowest BCUT2D eigenvalue weighted by Crippen LogP contribution is -2.28. The first kappa shape index (κ1) is 14.1. The van der Waals surface area contributed by atoms with Gasteiger partial charge >= 0.3 is 5.97 Å². The zero-order valence-electron chi connectivity index (χ0n) is 11.5. The second-order valence-corrected chi connectivity index (χ2v) is 4.34. The maximum atomic E-state index is 12.4. The molecule has 0 bridgehead atoms. The average Bonchev–Trinajstić information content (AvgIpc) is 2.48. The second kappa shape index (κ2) is 5.75. The van der Waals surface area contributed by atoms with Gasteiger partial charge in [0.2, 0.25) is 0 Å². The molecule has 6 heteroatoms. The van der Waals surface area contributed by atoms with Crippen LogP contribution < -0.4 is 16.6 Å². The Balaban J connectivity index is 2.84. The summed E-state index contributed by atoms with van der Waals surface area (Å²) in [6.45, 7) is 0.852. The Kier molecular flexibility index (Phi) is 4.05. The molecule has 1 heterocycles. The van der Waals surface area contributed by atoms with Crippen LogP contribution in [0.5, 0.6) is 0 Å². The van der Waals surface area contributed by atoms with Gasteiger partial charge in [-0.3, -0.25) is 4.79 Å². The topological polar surface area (TPSA) is 86.3 Å². The zero-order chi connectivity index (χ0) is 14.7. The number of aromatic nitrogens is 1. The molecule has 0 radical (unpaired) electrons. The molecule has 2 aromatic rings. The summed E-state index contributed by atoms with van der Waals surface area (Å²) >= 11 is 0. The number of aryl methyl sites for hydroxylation is 1. The maximum absolute atomic E-state index is 12.4. The summed E-state index contributed by atoms with van der Waals surface area (Å²) in [7, 11) is 2.88. The third-order valence-corrected chi connectivity index (χ3v) is 3.14. The van der Waals surface area contributed by atoms with E-state index in [4.69, 9.17) is 10.5 Å². The summed E-state index contributed by atoms with van der Waals surface area (Å²) in [5.74, 6) is -0.657. The Morgan fingerprint density at radius 3 is 2.75 bits per heavy atom. The molecule has 0 amide bonds. The molecule has 3 N–H and O–H groups in total. The number of pyridine rings is 1. The van der Waals surface area contributed by atoms with Crippen molar-refractivity contribution in [2.75, 3.05) is 25.5 Å². The van der Waals surface area contributed by atoms with Gasteiger partial charge in [0.25, 0.3) is 5.56 Å². The number of esters is 1. The van der Waals surface area contributed by atoms with Crippen LogP contribution in [0.4, 0.5) is 5.69 Å². The number of nitrogens with two attached hydrogens (primary N) is 1. The van der Waals surface area contributed by atoms with Crippen molar-refractivity contribution in [1.29, 1.82) is 0 Å². The minimum atomic E-state index is -0.657. The SMILES string of the molecule is COC(=O)c1c(NCCN)c2ccccc2n(C)c1=O. The molecule has 6 nitrogen and oxygen atoms in total. The quantitative estimate of drug-likeness (QED) is 0.802. The number of carbonyl (C=O) groups excluding carboxylic acids is 1. The summed E-state index contributed by atoms with van der Waals surface area (Å²) in [5.41, 5.74) is 6.31. The molecule has 0 aliphatic rings. The number of para-hydroxylation sites is 1. The van der Waals surface area contributed by atoms with E-state index in [-0.39, 0.29) is 5.56 Å². The summed E-state index contributed by atoms with van der Waals surface area (Å²) in [6, 6.07) is 7.36. The lowest BCUT2D eigenvalue weighted by Gasteiger charge is -2.15. The number of benzene rings is 1. The van der Waals surface area contributed by atoms with Crippen molar-refractivity contribution in [1.82, 2.24) is 4.57 Å². The molecule has 0 aliphatic heterocycles. The molecular weight excluding hydrogens is 258 g/mol. The highest BCUT2D eigenvalue weighted by Crippen LogP contribution is 2.25. The van der Waals surface area contributed by atoms with E-state index in [0.717, 1.165) is 10.9 Å². The van der Waals surface area contributed by atoms with Crippen LogP contribution in [0.25, 0.3) is 10.9 Å². The van der Waals surface area contributed by atoms with Crippen LogP contribution >= 0.6 is 0 Å². The highest BCUT2D eigenvalue weighted by Gasteiger charge is 2.21. The number of hydrogen-bond acceptors (Lipinski definition) is 5. The number of ether oxygens (including phenoxy) is 1. The van der Waals surface area contributed by atoms with Gasteiger partial charge in [-0.1, -0.05) is 18.2 Å². The summed E-state index contributed by atoms with van der Waals surface area (Å²) in [6.07, 6.45) is 0. The fraction of sp³-hybridized carbons (Fsp3) is 0.286. The van der Waals surface area contributed by atoms with Gasteiger partial charge in [-0.05, 0) is 6.07 Å². The molecule has 0 atom stereocenters. The second-order valence-electron chi connectivity index (χ2n) is 4.34. The van der Waals surface area contributed by atoms with E-state index in [1.54, 1.807) is 7.05 Å². The lowest BCUT2D eigenvalue weighted by atomic mass is 10.1. The van der Waals surface area contributed by atoms with Crippen molar-refractivity contribution >= 4 is 22.6 Å². The first-order valence-corrected chi connectivity index (χ1v) is 6.25. The van der Waals surface area contributed by atoms with Gasteiger partial charge < -0.3 is 20.4 Å². The fourth-order valence-corrected chi connectivity index (χ4v) is 2.17. The monoisotopic (exact) mass is 275 g/mol. The van der Waals surface area contributed by atoms with Crippen LogP contribution in [0.2, 0.25) is 0 Å². The highest BCUT2D eigenvalue weighted by atomic mass is 16.5. The zero-order valence-corrected chi connectivity index (χ0v) is 11.5. The number of methoxy groups -OCH3 is 1. The van der Waals surface area contributed by atoms with Crippen LogP contribution in [0, 0.1) is 0 Å². The van der Waals surface area contributed by atoms with E-state index in [0.29, 0.717) is 18.8 Å². The number of rotatable bonds is 4. The first-order chi connectivity index (χ1) is 9.61. The molecule has 0 spiro atoms. The van der Waals surface area contributed by atoms with Gasteiger partial charge in [0.05, 0.1) is 18.3 Å². The maximum Gasteiger partial charge on any atom is 0.345 e. The van der Waals surface area contributed by atoms with E-state index in [1.165, 1.54) is 11.7 Å². The van der Waals surface area contributed by atoms with E-state index in [1.807, 2.05) is 24.3 Å². The smallest absolute Gasteiger partial charge is 0.345 e. The molecular formula is C14H17N3O3. The summed E-state index contributed by atoms with van der Waals surface area (Å²) in [5, 5.41) is 3.83. The Morgan fingerprint density at radius 2 is 2.10 bits per heavy atom. The number of hydrogen-bond donors (Lipinski definition) is 2.